The van der Waals surface area contributed by atoms with Crippen LogP contribution in [-0.4, -0.2) is 23.1 Å². The van der Waals surface area contributed by atoms with E-state index in [1.165, 1.54) is 13.0 Å². The van der Waals surface area contributed by atoms with E-state index in [0.29, 0.717) is 11.3 Å². The van der Waals surface area contributed by atoms with Gasteiger partial charge in [-0.1, -0.05) is 42.5 Å². The van der Waals surface area contributed by atoms with Gasteiger partial charge in [-0.2, -0.15) is 0 Å². The summed E-state index contributed by atoms with van der Waals surface area (Å²) in [7, 11) is 0. The number of para-hydroxylation sites is 1. The summed E-state index contributed by atoms with van der Waals surface area (Å²) in [5.74, 6) is -1.33. The Morgan fingerprint density at radius 2 is 1.73 bits per heavy atom. The minimum atomic E-state index is -1.01. The zero-order valence-corrected chi connectivity index (χ0v) is 14.5. The first-order chi connectivity index (χ1) is 12.5. The maximum atomic E-state index is 12.3. The fraction of sp³-hybridized carbons (Fsp3) is 0.143. The molecule has 26 heavy (non-hydrogen) atoms. The van der Waals surface area contributed by atoms with E-state index in [1.54, 1.807) is 25.1 Å². The summed E-state index contributed by atoms with van der Waals surface area (Å²) < 4.78 is 5.18. The van der Waals surface area contributed by atoms with Gasteiger partial charge in [-0.15, -0.1) is 0 Å². The molecule has 0 spiro atoms. The highest BCUT2D eigenvalue weighted by molar-refractivity contribution is 5.99. The molecule has 0 fully saturated rings. The van der Waals surface area contributed by atoms with Crippen molar-refractivity contribution in [3.05, 3.63) is 71.8 Å². The molecule has 1 atom stereocenters. The van der Waals surface area contributed by atoms with Crippen LogP contribution in [0.25, 0.3) is 10.8 Å². The number of benzene rings is 3. The van der Waals surface area contributed by atoms with Crippen molar-refractivity contribution in [3.63, 3.8) is 0 Å². The van der Waals surface area contributed by atoms with Gasteiger partial charge in [0.15, 0.2) is 6.10 Å². The third-order valence-electron chi connectivity index (χ3n) is 4.13. The van der Waals surface area contributed by atoms with E-state index >= 15 is 0 Å². The number of amides is 1. The van der Waals surface area contributed by atoms with Crippen molar-refractivity contribution in [2.45, 2.75) is 20.0 Å². The molecule has 0 heterocycles. The molecule has 0 aliphatic carbocycles. The number of nitrogens with one attached hydrogen (secondary N) is 1. The molecule has 3 rings (SSSR count). The number of hydrogen-bond donors (Lipinski definition) is 2. The zero-order chi connectivity index (χ0) is 18.7. The summed E-state index contributed by atoms with van der Waals surface area (Å²) in [5, 5.41) is 14.8. The number of carbonyl (C=O) groups is 2. The van der Waals surface area contributed by atoms with Crippen LogP contribution in [0.5, 0.6) is 5.75 Å². The molecular formula is C21H19NO4. The van der Waals surface area contributed by atoms with Crippen molar-refractivity contribution in [3.8, 4) is 5.75 Å². The maximum Gasteiger partial charge on any atom is 0.342 e. The third kappa shape index (κ3) is 3.67. The number of fused-ring (bicyclic) bond motifs is 1. The number of carbonyl (C=O) groups excluding carboxylic acids is 2. The van der Waals surface area contributed by atoms with Crippen LogP contribution in [0.1, 0.15) is 22.8 Å². The predicted molar refractivity (Wildman–Crippen MR) is 100 cm³/mol. The van der Waals surface area contributed by atoms with Crippen LogP contribution in [0.15, 0.2) is 60.7 Å². The number of anilines is 1. The molecule has 2 N–H and O–H groups in total. The van der Waals surface area contributed by atoms with E-state index in [1.807, 2.05) is 36.4 Å². The molecule has 1 amide bonds. The van der Waals surface area contributed by atoms with Crippen molar-refractivity contribution in [2.75, 3.05) is 5.32 Å². The lowest BCUT2D eigenvalue weighted by Crippen LogP contribution is -2.30. The lowest BCUT2D eigenvalue weighted by atomic mass is 10.1. The van der Waals surface area contributed by atoms with Crippen molar-refractivity contribution in [2.24, 2.45) is 0 Å². The molecule has 0 bridgehead atoms. The van der Waals surface area contributed by atoms with E-state index in [9.17, 15) is 14.7 Å². The van der Waals surface area contributed by atoms with E-state index in [-0.39, 0.29) is 11.3 Å². The van der Waals surface area contributed by atoms with Gasteiger partial charge in [-0.25, -0.2) is 4.79 Å². The van der Waals surface area contributed by atoms with Crippen LogP contribution >= 0.6 is 0 Å². The number of hydrogen-bond acceptors (Lipinski definition) is 4. The summed E-state index contributed by atoms with van der Waals surface area (Å²) in [6, 6.07) is 18.2. The Labute approximate surface area is 151 Å². The number of aryl methyl sites for hydroxylation is 1. The molecule has 132 valence electrons. The van der Waals surface area contributed by atoms with E-state index in [0.717, 1.165) is 10.8 Å². The summed E-state index contributed by atoms with van der Waals surface area (Å²) in [6.07, 6.45) is -1.01. The fourth-order valence-corrected chi connectivity index (χ4v) is 2.61. The largest absolute Gasteiger partial charge is 0.507 e. The Kier molecular flexibility index (Phi) is 4.89. The summed E-state index contributed by atoms with van der Waals surface area (Å²) in [5.41, 5.74) is 1.22. The van der Waals surface area contributed by atoms with Crippen LogP contribution < -0.4 is 5.32 Å². The maximum absolute atomic E-state index is 12.3. The van der Waals surface area contributed by atoms with Gasteiger partial charge in [0.25, 0.3) is 5.91 Å². The lowest BCUT2D eigenvalue weighted by Gasteiger charge is -2.14. The lowest BCUT2D eigenvalue weighted by molar-refractivity contribution is -0.123. The second kappa shape index (κ2) is 7.27. The van der Waals surface area contributed by atoms with Gasteiger partial charge in [0.2, 0.25) is 0 Å². The number of ether oxygens (including phenoxy) is 1. The number of phenols is 1. The van der Waals surface area contributed by atoms with Crippen molar-refractivity contribution < 1.29 is 19.4 Å². The topological polar surface area (TPSA) is 75.6 Å². The average Bonchev–Trinajstić information content (AvgIpc) is 2.63. The van der Waals surface area contributed by atoms with Crippen molar-refractivity contribution in [1.29, 1.82) is 0 Å². The normalized spacial score (nSPS) is 11.8. The number of aromatic hydroxyl groups is 1. The predicted octanol–water partition coefficient (Wildman–Crippen LogP) is 4.04. The molecule has 0 saturated heterocycles. The number of esters is 1. The van der Waals surface area contributed by atoms with Crippen molar-refractivity contribution in [1.82, 2.24) is 0 Å². The Morgan fingerprint density at radius 3 is 2.50 bits per heavy atom. The van der Waals surface area contributed by atoms with Crippen molar-refractivity contribution >= 4 is 28.3 Å². The van der Waals surface area contributed by atoms with Gasteiger partial charge in [0.1, 0.15) is 11.3 Å². The van der Waals surface area contributed by atoms with E-state index < -0.39 is 18.0 Å². The van der Waals surface area contributed by atoms with Crippen LogP contribution in [0, 0.1) is 6.92 Å². The molecule has 0 saturated carbocycles. The fourth-order valence-electron chi connectivity index (χ4n) is 2.61. The van der Waals surface area contributed by atoms with Crippen LogP contribution in [0.2, 0.25) is 0 Å². The molecule has 0 aliphatic heterocycles. The average molecular weight is 349 g/mol. The van der Waals surface area contributed by atoms with Gasteiger partial charge in [0.05, 0.1) is 0 Å². The Morgan fingerprint density at radius 1 is 1.00 bits per heavy atom. The molecular weight excluding hydrogens is 330 g/mol. The Hall–Kier alpha value is -3.34. The first-order valence-electron chi connectivity index (χ1n) is 8.25. The van der Waals surface area contributed by atoms with Crippen LogP contribution in [-0.2, 0) is 9.53 Å². The third-order valence-corrected chi connectivity index (χ3v) is 4.13. The second-order valence-electron chi connectivity index (χ2n) is 6.07. The van der Waals surface area contributed by atoms with Crippen LogP contribution in [0.4, 0.5) is 5.69 Å². The minimum Gasteiger partial charge on any atom is -0.507 e. The van der Waals surface area contributed by atoms with Gasteiger partial charge in [-0.05, 0) is 48.4 Å². The summed E-state index contributed by atoms with van der Waals surface area (Å²) >= 11 is 0. The second-order valence-corrected chi connectivity index (χ2v) is 6.07. The zero-order valence-electron chi connectivity index (χ0n) is 14.5. The van der Waals surface area contributed by atoms with Gasteiger partial charge in [0, 0.05) is 5.69 Å². The molecule has 0 radical (unpaired) electrons. The molecule has 0 aliphatic rings. The van der Waals surface area contributed by atoms with Gasteiger partial charge >= 0.3 is 5.97 Å². The van der Waals surface area contributed by atoms with E-state index in [4.69, 9.17) is 4.74 Å². The van der Waals surface area contributed by atoms with E-state index in [2.05, 4.69) is 5.32 Å². The number of rotatable bonds is 4. The molecule has 3 aromatic rings. The minimum absolute atomic E-state index is 0.0374. The quantitative estimate of drug-likeness (QED) is 0.697. The molecule has 5 heteroatoms. The molecule has 0 aromatic heterocycles. The number of phenolic OH excluding ortho intramolecular Hbond substituents is 1. The highest BCUT2D eigenvalue weighted by atomic mass is 16.5. The monoisotopic (exact) mass is 349 g/mol. The first kappa shape index (κ1) is 17.5. The Balaban J connectivity index is 1.69. The first-order valence-corrected chi connectivity index (χ1v) is 8.25. The highest BCUT2D eigenvalue weighted by Gasteiger charge is 2.21. The standard InChI is InChI=1S/C21H19NO4/c1-13-6-5-9-18(19(13)23)21(25)26-14(2)20(24)22-17-11-10-15-7-3-4-8-16(15)12-17/h3-12,14,23H,1-2H3,(H,22,24). The summed E-state index contributed by atoms with van der Waals surface area (Å²) in [6.45, 7) is 3.17. The SMILES string of the molecule is Cc1cccc(C(=O)OC(C)C(=O)Nc2ccc3ccccc3c2)c1O. The van der Waals surface area contributed by atoms with Crippen LogP contribution in [0.3, 0.4) is 0 Å². The van der Waals surface area contributed by atoms with Gasteiger partial charge < -0.3 is 15.2 Å². The molecule has 5 nitrogen and oxygen atoms in total. The molecule has 3 aromatic carbocycles. The molecule has 1 unspecified atom stereocenters. The Bertz CT molecular complexity index is 981. The summed E-state index contributed by atoms with van der Waals surface area (Å²) in [4.78, 5) is 24.5. The highest BCUT2D eigenvalue weighted by Crippen LogP contribution is 2.23. The smallest absolute Gasteiger partial charge is 0.342 e. The van der Waals surface area contributed by atoms with Gasteiger partial charge in [-0.3, -0.25) is 4.79 Å².